The first-order valence-corrected chi connectivity index (χ1v) is 10.9. The van der Waals surface area contributed by atoms with Gasteiger partial charge in [-0.25, -0.2) is 0 Å². The molecule has 1 atom stereocenters. The fourth-order valence-corrected chi connectivity index (χ4v) is 4.35. The van der Waals surface area contributed by atoms with Gasteiger partial charge in [-0.15, -0.1) is 10.2 Å². The van der Waals surface area contributed by atoms with Gasteiger partial charge in [-0.2, -0.15) is 9.78 Å². The molecule has 1 aliphatic rings. The minimum atomic E-state index is 0.115. The number of benzene rings is 2. The van der Waals surface area contributed by atoms with E-state index in [1.165, 1.54) is 11.1 Å². The van der Waals surface area contributed by atoms with Gasteiger partial charge in [0.25, 0.3) is 0 Å². The zero-order valence-electron chi connectivity index (χ0n) is 17.3. The van der Waals surface area contributed by atoms with Crippen LogP contribution in [0.1, 0.15) is 49.2 Å². The molecule has 0 saturated heterocycles. The summed E-state index contributed by atoms with van der Waals surface area (Å²) in [5, 5.41) is 14.6. The maximum Gasteiger partial charge on any atom is 0.212 e. The summed E-state index contributed by atoms with van der Waals surface area (Å²) in [6, 6.07) is 16.9. The molecule has 0 bridgehead atoms. The number of rotatable bonds is 6. The van der Waals surface area contributed by atoms with Crippen LogP contribution in [0.5, 0.6) is 5.75 Å². The van der Waals surface area contributed by atoms with E-state index in [1.807, 2.05) is 28.9 Å². The molecule has 0 spiro atoms. The molecular weight excluding hydrogens is 380 g/mol. The van der Waals surface area contributed by atoms with Crippen LogP contribution >= 0.6 is 11.8 Å². The number of fused-ring (bicyclic) bond motifs is 1. The van der Waals surface area contributed by atoms with Gasteiger partial charge in [0, 0.05) is 11.7 Å². The van der Waals surface area contributed by atoms with Crippen LogP contribution in [0, 0.1) is 5.92 Å². The fourth-order valence-electron chi connectivity index (χ4n) is 3.50. The number of ether oxygens (including phenoxy) is 1. The van der Waals surface area contributed by atoms with Gasteiger partial charge in [-0.3, -0.25) is 0 Å². The Morgan fingerprint density at radius 3 is 2.38 bits per heavy atom. The highest BCUT2D eigenvalue weighted by Gasteiger charge is 2.24. The fraction of sp³-hybridized carbons (Fsp3) is 0.348. The second-order valence-electron chi connectivity index (χ2n) is 7.78. The van der Waals surface area contributed by atoms with Crippen molar-refractivity contribution in [2.24, 2.45) is 11.0 Å². The van der Waals surface area contributed by atoms with E-state index < -0.39 is 0 Å². The molecule has 150 valence electrons. The number of aromatic nitrogens is 3. The summed E-state index contributed by atoms with van der Waals surface area (Å²) in [6.07, 6.45) is 1.10. The second kappa shape index (κ2) is 8.41. The predicted octanol–water partition coefficient (Wildman–Crippen LogP) is 5.00. The lowest BCUT2D eigenvalue weighted by Gasteiger charge is -2.17. The summed E-state index contributed by atoms with van der Waals surface area (Å²) in [5.41, 5.74) is 4.71. The van der Waals surface area contributed by atoms with Gasteiger partial charge in [0.2, 0.25) is 5.16 Å². The number of thioether (sulfide) groups is 1. The maximum atomic E-state index is 5.26. The van der Waals surface area contributed by atoms with Gasteiger partial charge in [-0.1, -0.05) is 56.8 Å². The Morgan fingerprint density at radius 1 is 1.00 bits per heavy atom. The Bertz CT molecular complexity index is 1010. The quantitative estimate of drug-likeness (QED) is 0.578. The Hall–Kier alpha value is -2.60. The zero-order valence-corrected chi connectivity index (χ0v) is 18.1. The van der Waals surface area contributed by atoms with Crippen molar-refractivity contribution in [3.63, 3.8) is 0 Å². The minimum absolute atomic E-state index is 0.115. The summed E-state index contributed by atoms with van der Waals surface area (Å²) in [4.78, 5) is 0. The first-order chi connectivity index (χ1) is 14.0. The Kier molecular flexibility index (Phi) is 5.72. The number of hydrogen-bond acceptors (Lipinski definition) is 5. The summed E-state index contributed by atoms with van der Waals surface area (Å²) in [5.74, 6) is 3.27. The van der Waals surface area contributed by atoms with Crippen LogP contribution in [-0.2, 0) is 6.42 Å². The van der Waals surface area contributed by atoms with E-state index in [-0.39, 0.29) is 5.92 Å². The van der Waals surface area contributed by atoms with E-state index in [4.69, 9.17) is 9.84 Å². The molecular formula is C23H26N4OS. The number of nitrogens with zero attached hydrogens (tertiary/aromatic N) is 4. The molecule has 1 aliphatic heterocycles. The topological polar surface area (TPSA) is 52.3 Å². The molecule has 0 radical (unpaired) electrons. The average Bonchev–Trinajstić information content (AvgIpc) is 3.16. The highest BCUT2D eigenvalue weighted by atomic mass is 32.2. The minimum Gasteiger partial charge on any atom is -0.497 e. The Balaban J connectivity index is 1.61. The van der Waals surface area contributed by atoms with Crippen molar-refractivity contribution in [1.29, 1.82) is 0 Å². The highest BCUT2D eigenvalue weighted by molar-refractivity contribution is 7.99. The van der Waals surface area contributed by atoms with Gasteiger partial charge in [0.05, 0.1) is 12.8 Å². The third kappa shape index (κ3) is 4.22. The molecule has 3 aromatic rings. The molecule has 6 heteroatoms. The molecule has 5 nitrogen and oxygen atoms in total. The van der Waals surface area contributed by atoms with E-state index in [0.29, 0.717) is 5.92 Å². The monoisotopic (exact) mass is 406 g/mol. The third-order valence-corrected chi connectivity index (χ3v) is 6.06. The largest absolute Gasteiger partial charge is 0.497 e. The standard InChI is InChI=1S/C23H26N4OS/c1-15(2)13-17-5-7-18(8-6-17)16(3)22-24-25-23-27(22)26-21(14-29-23)19-9-11-20(28-4)12-10-19/h5-12,15-16H,13-14H2,1-4H3. The Labute approximate surface area is 176 Å². The van der Waals surface area contributed by atoms with E-state index in [0.717, 1.165) is 40.2 Å². The normalized spacial score (nSPS) is 14.4. The number of hydrogen-bond donors (Lipinski definition) is 0. The second-order valence-corrected chi connectivity index (χ2v) is 8.72. The van der Waals surface area contributed by atoms with Gasteiger partial charge in [-0.05, 0) is 53.3 Å². The summed E-state index contributed by atoms with van der Waals surface area (Å²) < 4.78 is 7.16. The maximum absolute atomic E-state index is 5.26. The van der Waals surface area contributed by atoms with E-state index in [1.54, 1.807) is 18.9 Å². The van der Waals surface area contributed by atoms with Gasteiger partial charge in [0.15, 0.2) is 5.82 Å². The molecule has 2 heterocycles. The third-order valence-electron chi connectivity index (χ3n) is 5.13. The van der Waals surface area contributed by atoms with Crippen LogP contribution in [-0.4, -0.2) is 33.4 Å². The van der Waals surface area contributed by atoms with Gasteiger partial charge in [0.1, 0.15) is 5.75 Å². The SMILES string of the molecule is COc1ccc(C2=Nn3c(nnc3C(C)c3ccc(CC(C)C)cc3)SC2)cc1. The molecule has 0 saturated carbocycles. The van der Waals surface area contributed by atoms with Crippen molar-refractivity contribution >= 4 is 17.5 Å². The molecule has 0 fully saturated rings. The molecule has 1 aromatic heterocycles. The van der Waals surface area contributed by atoms with Crippen molar-refractivity contribution < 1.29 is 4.74 Å². The lowest BCUT2D eigenvalue weighted by atomic mass is 9.96. The molecule has 4 rings (SSSR count). The van der Waals surface area contributed by atoms with Crippen molar-refractivity contribution in [3.05, 3.63) is 71.0 Å². The van der Waals surface area contributed by atoms with Gasteiger partial charge < -0.3 is 4.74 Å². The average molecular weight is 407 g/mol. The van der Waals surface area contributed by atoms with Crippen LogP contribution in [0.2, 0.25) is 0 Å². The molecule has 0 aliphatic carbocycles. The lowest BCUT2D eigenvalue weighted by molar-refractivity contribution is 0.415. The lowest BCUT2D eigenvalue weighted by Crippen LogP contribution is -2.15. The highest BCUT2D eigenvalue weighted by Crippen LogP contribution is 2.30. The van der Waals surface area contributed by atoms with E-state index in [2.05, 4.69) is 55.2 Å². The summed E-state index contributed by atoms with van der Waals surface area (Å²) >= 11 is 1.67. The zero-order chi connectivity index (χ0) is 20.4. The van der Waals surface area contributed by atoms with Crippen molar-refractivity contribution in [3.8, 4) is 5.75 Å². The molecule has 0 amide bonds. The summed E-state index contributed by atoms with van der Waals surface area (Å²) in [7, 11) is 1.68. The van der Waals surface area contributed by atoms with Crippen LogP contribution in [0.25, 0.3) is 0 Å². The van der Waals surface area contributed by atoms with Crippen LogP contribution in [0.15, 0.2) is 58.8 Å². The smallest absolute Gasteiger partial charge is 0.212 e. The first-order valence-electron chi connectivity index (χ1n) is 9.94. The Morgan fingerprint density at radius 2 is 1.72 bits per heavy atom. The molecule has 29 heavy (non-hydrogen) atoms. The number of methoxy groups -OCH3 is 1. The molecule has 1 unspecified atom stereocenters. The van der Waals surface area contributed by atoms with Crippen molar-refractivity contribution in [2.75, 3.05) is 12.9 Å². The van der Waals surface area contributed by atoms with Crippen molar-refractivity contribution in [1.82, 2.24) is 14.9 Å². The van der Waals surface area contributed by atoms with E-state index >= 15 is 0 Å². The summed E-state index contributed by atoms with van der Waals surface area (Å²) in [6.45, 7) is 6.65. The van der Waals surface area contributed by atoms with Crippen LogP contribution < -0.4 is 4.74 Å². The van der Waals surface area contributed by atoms with E-state index in [9.17, 15) is 0 Å². The molecule has 0 N–H and O–H groups in total. The first kappa shape index (κ1) is 19.7. The molecule has 2 aromatic carbocycles. The van der Waals surface area contributed by atoms with Crippen LogP contribution in [0.3, 0.4) is 0 Å². The van der Waals surface area contributed by atoms with Gasteiger partial charge >= 0.3 is 0 Å². The van der Waals surface area contributed by atoms with Crippen molar-refractivity contribution in [2.45, 2.75) is 38.3 Å². The predicted molar refractivity (Wildman–Crippen MR) is 118 cm³/mol. The van der Waals surface area contributed by atoms with Crippen LogP contribution in [0.4, 0.5) is 0 Å².